The smallest absolute Gasteiger partial charge is 0.148 e. The summed E-state index contributed by atoms with van der Waals surface area (Å²) in [6, 6.07) is 0. The average molecular weight is 272 g/mol. The summed E-state index contributed by atoms with van der Waals surface area (Å²) in [6.07, 6.45) is 0. The molecule has 0 amide bonds. The molecule has 1 aromatic heterocycles. The number of aromatic nitrogens is 2. The predicted molar refractivity (Wildman–Crippen MR) is 54.9 cm³/mol. The highest BCUT2D eigenvalue weighted by Crippen LogP contribution is 2.32. The number of rotatable bonds is 0. The van der Waals surface area contributed by atoms with E-state index in [1.165, 1.54) is 0 Å². The maximum Gasteiger partial charge on any atom is 0.148 e. The first-order valence-electron chi connectivity index (χ1n) is 3.44. The Kier molecular flexibility index (Phi) is 2.76. The van der Waals surface area contributed by atoms with Gasteiger partial charge in [0.2, 0.25) is 0 Å². The van der Waals surface area contributed by atoms with Crippen LogP contribution in [0.15, 0.2) is 4.60 Å². The molecule has 0 unspecified atom stereocenters. The highest BCUT2D eigenvalue weighted by atomic mass is 79.9. The number of nitrogens with zero attached hydrogens (tertiary/aromatic N) is 2. The van der Waals surface area contributed by atoms with E-state index in [-0.39, 0.29) is 5.54 Å². The Morgan fingerprint density at radius 1 is 1.33 bits per heavy atom. The van der Waals surface area contributed by atoms with E-state index in [1.54, 1.807) is 4.68 Å². The van der Waals surface area contributed by atoms with Gasteiger partial charge in [0.05, 0.1) is 5.54 Å². The first-order chi connectivity index (χ1) is 5.34. The van der Waals surface area contributed by atoms with Gasteiger partial charge in [-0.2, -0.15) is 5.10 Å². The summed E-state index contributed by atoms with van der Waals surface area (Å²) in [5, 5.41) is 5.08. The van der Waals surface area contributed by atoms with Gasteiger partial charge >= 0.3 is 0 Å². The Hall–Kier alpha value is 0.270. The average Bonchev–Trinajstić information content (AvgIpc) is 2.15. The lowest BCUT2D eigenvalue weighted by Crippen LogP contribution is -2.23. The van der Waals surface area contributed by atoms with Gasteiger partial charge in [0, 0.05) is 0 Å². The molecule has 0 aliphatic carbocycles. The minimum Gasteiger partial charge on any atom is -0.246 e. The summed E-state index contributed by atoms with van der Waals surface area (Å²) < 4.78 is 2.27. The third-order valence-electron chi connectivity index (χ3n) is 1.37. The van der Waals surface area contributed by atoms with Gasteiger partial charge < -0.3 is 0 Å². The van der Waals surface area contributed by atoms with Crippen LogP contribution in [0.2, 0.25) is 10.2 Å². The molecule has 1 heterocycles. The van der Waals surface area contributed by atoms with Gasteiger partial charge in [0.15, 0.2) is 0 Å². The van der Waals surface area contributed by atoms with Crippen LogP contribution < -0.4 is 0 Å². The summed E-state index contributed by atoms with van der Waals surface area (Å²) in [7, 11) is 0. The van der Waals surface area contributed by atoms with E-state index in [0.29, 0.717) is 14.8 Å². The monoisotopic (exact) mass is 270 g/mol. The van der Waals surface area contributed by atoms with Crippen LogP contribution in [-0.4, -0.2) is 9.78 Å². The van der Waals surface area contributed by atoms with Gasteiger partial charge in [-0.1, -0.05) is 23.2 Å². The fourth-order valence-electron chi connectivity index (χ4n) is 0.798. The van der Waals surface area contributed by atoms with E-state index >= 15 is 0 Å². The molecule has 2 nitrogen and oxygen atoms in total. The van der Waals surface area contributed by atoms with E-state index in [4.69, 9.17) is 23.2 Å². The molecule has 1 aromatic rings. The normalized spacial score (nSPS) is 12.2. The second-order valence-corrected chi connectivity index (χ2v) is 4.97. The van der Waals surface area contributed by atoms with Crippen LogP contribution in [0, 0.1) is 0 Å². The van der Waals surface area contributed by atoms with Gasteiger partial charge in [-0.25, -0.2) is 4.68 Å². The summed E-state index contributed by atoms with van der Waals surface area (Å²) >= 11 is 15.0. The quantitative estimate of drug-likeness (QED) is 0.704. The zero-order valence-corrected chi connectivity index (χ0v) is 10.1. The Morgan fingerprint density at radius 3 is 2.00 bits per heavy atom. The first-order valence-corrected chi connectivity index (χ1v) is 4.99. The molecular formula is C7H9BrCl2N2. The number of halogens is 3. The summed E-state index contributed by atoms with van der Waals surface area (Å²) in [5.74, 6) is 0. The molecule has 0 N–H and O–H groups in total. The summed E-state index contributed by atoms with van der Waals surface area (Å²) in [4.78, 5) is 0. The standard InChI is InChI=1S/C7H9BrCl2N2/c1-7(2,3)12-6(10)4(9)5(8)11-12/h1-3H3. The van der Waals surface area contributed by atoms with E-state index < -0.39 is 0 Å². The molecule has 0 radical (unpaired) electrons. The third-order valence-corrected chi connectivity index (χ3v) is 2.96. The molecule has 0 saturated heterocycles. The van der Waals surface area contributed by atoms with Crippen LogP contribution in [0.3, 0.4) is 0 Å². The molecular weight excluding hydrogens is 263 g/mol. The Morgan fingerprint density at radius 2 is 1.83 bits per heavy atom. The van der Waals surface area contributed by atoms with Crippen LogP contribution >= 0.6 is 39.1 Å². The minimum atomic E-state index is -0.146. The van der Waals surface area contributed by atoms with Gasteiger partial charge in [0.25, 0.3) is 0 Å². The lowest BCUT2D eigenvalue weighted by atomic mass is 10.1. The van der Waals surface area contributed by atoms with Crippen molar-refractivity contribution >= 4 is 39.1 Å². The molecule has 0 saturated carbocycles. The molecule has 0 atom stereocenters. The third kappa shape index (κ3) is 1.78. The van der Waals surface area contributed by atoms with Crippen molar-refractivity contribution in [3.8, 4) is 0 Å². The van der Waals surface area contributed by atoms with Crippen molar-refractivity contribution in [1.29, 1.82) is 0 Å². The zero-order valence-electron chi connectivity index (χ0n) is 7.03. The van der Waals surface area contributed by atoms with Crippen molar-refractivity contribution in [3.63, 3.8) is 0 Å². The van der Waals surface area contributed by atoms with E-state index in [2.05, 4.69) is 21.0 Å². The molecule has 68 valence electrons. The lowest BCUT2D eigenvalue weighted by Gasteiger charge is -2.19. The van der Waals surface area contributed by atoms with Crippen molar-refractivity contribution < 1.29 is 0 Å². The second kappa shape index (κ2) is 3.20. The molecule has 0 spiro atoms. The van der Waals surface area contributed by atoms with Gasteiger partial charge in [-0.15, -0.1) is 0 Å². The minimum absolute atomic E-state index is 0.146. The Labute approximate surface area is 90.0 Å². The molecule has 0 fully saturated rings. The number of hydrogen-bond donors (Lipinski definition) is 0. The summed E-state index contributed by atoms with van der Waals surface area (Å²) in [6.45, 7) is 6.03. The van der Waals surface area contributed by atoms with Crippen LogP contribution in [0.1, 0.15) is 20.8 Å². The maximum absolute atomic E-state index is 5.94. The topological polar surface area (TPSA) is 17.8 Å². The van der Waals surface area contributed by atoms with Crippen molar-refractivity contribution in [2.45, 2.75) is 26.3 Å². The van der Waals surface area contributed by atoms with Crippen molar-refractivity contribution in [3.05, 3.63) is 14.8 Å². The molecule has 0 bridgehead atoms. The highest BCUT2D eigenvalue weighted by Gasteiger charge is 2.21. The first kappa shape index (κ1) is 10.4. The fourth-order valence-corrected chi connectivity index (χ4v) is 1.76. The zero-order chi connectivity index (χ0) is 9.52. The molecule has 5 heteroatoms. The molecule has 0 aliphatic heterocycles. The van der Waals surface area contributed by atoms with Crippen LogP contribution in [-0.2, 0) is 5.54 Å². The van der Waals surface area contributed by atoms with Crippen LogP contribution in [0.25, 0.3) is 0 Å². The predicted octanol–water partition coefficient (Wildman–Crippen LogP) is 3.71. The van der Waals surface area contributed by atoms with Crippen LogP contribution in [0.4, 0.5) is 0 Å². The molecule has 12 heavy (non-hydrogen) atoms. The molecule has 1 rings (SSSR count). The van der Waals surface area contributed by atoms with Gasteiger partial charge in [-0.3, -0.25) is 0 Å². The lowest BCUT2D eigenvalue weighted by molar-refractivity contribution is 0.355. The number of hydrogen-bond acceptors (Lipinski definition) is 1. The summed E-state index contributed by atoms with van der Waals surface area (Å²) in [5.41, 5.74) is -0.146. The molecule has 0 aliphatic rings. The largest absolute Gasteiger partial charge is 0.246 e. The second-order valence-electron chi connectivity index (χ2n) is 3.48. The maximum atomic E-state index is 5.94. The van der Waals surface area contributed by atoms with E-state index in [9.17, 15) is 0 Å². The molecule has 0 aromatic carbocycles. The van der Waals surface area contributed by atoms with Crippen molar-refractivity contribution in [2.24, 2.45) is 0 Å². The van der Waals surface area contributed by atoms with E-state index in [1.807, 2.05) is 20.8 Å². The Bertz CT molecular complexity index is 301. The van der Waals surface area contributed by atoms with E-state index in [0.717, 1.165) is 0 Å². The van der Waals surface area contributed by atoms with Crippen molar-refractivity contribution in [1.82, 2.24) is 9.78 Å². The van der Waals surface area contributed by atoms with Gasteiger partial charge in [0.1, 0.15) is 14.8 Å². The Balaban J connectivity index is 3.28. The van der Waals surface area contributed by atoms with Gasteiger partial charge in [-0.05, 0) is 36.7 Å². The highest BCUT2D eigenvalue weighted by molar-refractivity contribution is 9.10. The van der Waals surface area contributed by atoms with Crippen LogP contribution in [0.5, 0.6) is 0 Å². The van der Waals surface area contributed by atoms with Crippen molar-refractivity contribution in [2.75, 3.05) is 0 Å². The SMILES string of the molecule is CC(C)(C)n1nc(Br)c(Cl)c1Cl. The fraction of sp³-hybridized carbons (Fsp3) is 0.571.